The van der Waals surface area contributed by atoms with Crippen LogP contribution in [0.1, 0.15) is 45.9 Å². The minimum Gasteiger partial charge on any atom is -0.508 e. The highest BCUT2D eigenvalue weighted by Gasteiger charge is 2.32. The van der Waals surface area contributed by atoms with Crippen LogP contribution in [0, 0.1) is 27.7 Å². The Bertz CT molecular complexity index is 1520. The Hall–Kier alpha value is -4.50. The zero-order valence-corrected chi connectivity index (χ0v) is 23.2. The van der Waals surface area contributed by atoms with E-state index in [-0.39, 0.29) is 11.5 Å². The molecular weight excluding hydrogens is 478 g/mol. The van der Waals surface area contributed by atoms with E-state index in [4.69, 9.17) is 0 Å². The van der Waals surface area contributed by atoms with Gasteiger partial charge in [-0.1, -0.05) is 48.5 Å². The van der Waals surface area contributed by atoms with Gasteiger partial charge in [0, 0.05) is 22.5 Å². The van der Waals surface area contributed by atoms with Crippen molar-refractivity contribution in [3.05, 3.63) is 148 Å². The van der Waals surface area contributed by atoms with Crippen molar-refractivity contribution in [1.82, 2.24) is 0 Å². The van der Waals surface area contributed by atoms with Gasteiger partial charge < -0.3 is 15.1 Å². The van der Waals surface area contributed by atoms with Crippen LogP contribution in [0.2, 0.25) is 0 Å². The summed E-state index contributed by atoms with van der Waals surface area (Å²) < 4.78 is 0. The second-order valence-electron chi connectivity index (χ2n) is 10.6. The van der Waals surface area contributed by atoms with Crippen LogP contribution in [-0.4, -0.2) is 10.2 Å². The van der Waals surface area contributed by atoms with E-state index in [9.17, 15) is 10.2 Å². The lowest BCUT2D eigenvalue weighted by atomic mass is 9.71. The maximum Gasteiger partial charge on any atom is 0.115 e. The third-order valence-corrected chi connectivity index (χ3v) is 8.07. The molecule has 0 saturated carbocycles. The van der Waals surface area contributed by atoms with E-state index in [0.29, 0.717) is 0 Å². The van der Waals surface area contributed by atoms with E-state index in [1.165, 1.54) is 22.3 Å². The first-order chi connectivity index (χ1) is 18.7. The quantitative estimate of drug-likeness (QED) is 0.222. The molecule has 5 rings (SSSR count). The van der Waals surface area contributed by atoms with Crippen LogP contribution in [-0.2, 0) is 5.41 Å². The largest absolute Gasteiger partial charge is 0.508 e. The van der Waals surface area contributed by atoms with E-state index in [1.807, 2.05) is 24.3 Å². The molecule has 0 aliphatic rings. The number of hydrogen-bond donors (Lipinski definition) is 2. The summed E-state index contributed by atoms with van der Waals surface area (Å²) in [6, 6.07) is 36.7. The Labute approximate surface area is 231 Å². The summed E-state index contributed by atoms with van der Waals surface area (Å²) in [4.78, 5) is 2.32. The van der Waals surface area contributed by atoms with Gasteiger partial charge in [-0.25, -0.2) is 0 Å². The number of phenols is 2. The van der Waals surface area contributed by atoms with E-state index in [0.717, 1.165) is 33.8 Å². The minimum absolute atomic E-state index is 0.233. The number of benzene rings is 5. The lowest BCUT2D eigenvalue weighted by molar-refractivity contribution is 0.474. The van der Waals surface area contributed by atoms with Crippen LogP contribution < -0.4 is 4.90 Å². The molecule has 3 nitrogen and oxygen atoms in total. The molecule has 0 bridgehead atoms. The fraction of sp³-hybridized carbons (Fsp3) is 0.167. The van der Waals surface area contributed by atoms with Crippen molar-refractivity contribution in [2.45, 2.75) is 40.0 Å². The molecular formula is C36H35NO2. The van der Waals surface area contributed by atoms with Crippen LogP contribution in [0.4, 0.5) is 17.1 Å². The van der Waals surface area contributed by atoms with Crippen LogP contribution in [0.25, 0.3) is 0 Å². The van der Waals surface area contributed by atoms with E-state index in [1.54, 1.807) is 24.3 Å². The number of nitrogens with zero attached hydrogens (tertiary/aromatic N) is 1. The Morgan fingerprint density at radius 2 is 0.897 bits per heavy atom. The van der Waals surface area contributed by atoms with Crippen LogP contribution in [0.5, 0.6) is 11.5 Å². The van der Waals surface area contributed by atoms with Gasteiger partial charge in [0.05, 0.1) is 0 Å². The zero-order chi connectivity index (χ0) is 27.7. The molecule has 5 aromatic rings. The summed E-state index contributed by atoms with van der Waals surface area (Å²) in [5.74, 6) is 0.465. The Morgan fingerprint density at radius 3 is 1.33 bits per heavy atom. The summed E-state index contributed by atoms with van der Waals surface area (Å²) in [6.45, 7) is 10.8. The first-order valence-electron chi connectivity index (χ1n) is 13.3. The van der Waals surface area contributed by atoms with Gasteiger partial charge in [-0.2, -0.15) is 0 Å². The van der Waals surface area contributed by atoms with Gasteiger partial charge >= 0.3 is 0 Å². The number of aryl methyl sites for hydroxylation is 4. The smallest absolute Gasteiger partial charge is 0.115 e. The molecule has 2 N–H and O–H groups in total. The van der Waals surface area contributed by atoms with Gasteiger partial charge in [0.25, 0.3) is 0 Å². The molecule has 0 atom stereocenters. The van der Waals surface area contributed by atoms with Crippen LogP contribution >= 0.6 is 0 Å². The van der Waals surface area contributed by atoms with Gasteiger partial charge in [-0.3, -0.25) is 0 Å². The standard InChI is InChI=1S/C36H35NO2/c1-24-9-15-32(21-26(24)3)37(33-16-10-25(2)27(4)22-33)31-8-6-7-30(23-31)36(5,28-11-17-34(38)18-12-28)29-13-19-35(39)20-14-29/h6-23,38-39H,1-5H3. The molecule has 0 aromatic heterocycles. The second-order valence-corrected chi connectivity index (χ2v) is 10.6. The summed E-state index contributed by atoms with van der Waals surface area (Å²) in [5, 5.41) is 20.0. The molecule has 0 amide bonds. The average Bonchev–Trinajstić information content (AvgIpc) is 2.93. The highest BCUT2D eigenvalue weighted by Crippen LogP contribution is 2.43. The van der Waals surface area contributed by atoms with Crippen molar-refractivity contribution in [2.24, 2.45) is 0 Å². The fourth-order valence-corrected chi connectivity index (χ4v) is 5.22. The summed E-state index contributed by atoms with van der Waals surface area (Å²) in [7, 11) is 0. The average molecular weight is 514 g/mol. The lowest BCUT2D eigenvalue weighted by Gasteiger charge is -2.34. The summed E-state index contributed by atoms with van der Waals surface area (Å²) >= 11 is 0. The predicted molar refractivity (Wildman–Crippen MR) is 162 cm³/mol. The van der Waals surface area contributed by atoms with Gasteiger partial charge in [-0.15, -0.1) is 0 Å². The van der Waals surface area contributed by atoms with Crippen molar-refractivity contribution in [3.63, 3.8) is 0 Å². The molecule has 3 heteroatoms. The van der Waals surface area contributed by atoms with Crippen molar-refractivity contribution in [1.29, 1.82) is 0 Å². The molecule has 0 unspecified atom stereocenters. The van der Waals surface area contributed by atoms with E-state index >= 15 is 0 Å². The predicted octanol–water partition coefficient (Wildman–Crippen LogP) is 9.16. The molecule has 0 fully saturated rings. The highest BCUT2D eigenvalue weighted by molar-refractivity contribution is 5.78. The zero-order valence-electron chi connectivity index (χ0n) is 23.2. The van der Waals surface area contributed by atoms with Gasteiger partial charge in [0.1, 0.15) is 11.5 Å². The number of aromatic hydroxyl groups is 2. The maximum atomic E-state index is 10.0. The Balaban J connectivity index is 1.73. The Kier molecular flexibility index (Phi) is 6.93. The summed E-state index contributed by atoms with van der Waals surface area (Å²) in [5.41, 5.74) is 11.0. The molecule has 0 saturated heterocycles. The SMILES string of the molecule is Cc1ccc(N(c2cccc(C(C)(c3ccc(O)cc3)c3ccc(O)cc3)c2)c2ccc(C)c(C)c2)cc1C. The molecule has 0 aliphatic carbocycles. The number of anilines is 3. The van der Waals surface area contributed by atoms with E-state index < -0.39 is 5.41 Å². The molecule has 0 radical (unpaired) electrons. The van der Waals surface area contributed by atoms with Crippen molar-refractivity contribution < 1.29 is 10.2 Å². The van der Waals surface area contributed by atoms with Gasteiger partial charge in [-0.05, 0) is 134 Å². The number of phenolic OH excluding ortho intramolecular Hbond substituents is 2. The monoisotopic (exact) mass is 513 g/mol. The van der Waals surface area contributed by atoms with Crippen molar-refractivity contribution in [3.8, 4) is 11.5 Å². The first-order valence-corrected chi connectivity index (χ1v) is 13.3. The highest BCUT2D eigenvalue weighted by atomic mass is 16.3. The fourth-order valence-electron chi connectivity index (χ4n) is 5.22. The number of hydrogen-bond acceptors (Lipinski definition) is 3. The second kappa shape index (κ2) is 10.3. The van der Waals surface area contributed by atoms with Crippen molar-refractivity contribution >= 4 is 17.1 Å². The van der Waals surface area contributed by atoms with E-state index in [2.05, 4.69) is 100 Å². The normalized spacial score (nSPS) is 11.4. The van der Waals surface area contributed by atoms with Crippen molar-refractivity contribution in [2.75, 3.05) is 4.90 Å². The Morgan fingerprint density at radius 1 is 0.462 bits per heavy atom. The molecule has 0 heterocycles. The number of rotatable bonds is 6. The van der Waals surface area contributed by atoms with Gasteiger partial charge in [0.15, 0.2) is 0 Å². The molecule has 5 aromatic carbocycles. The third-order valence-electron chi connectivity index (χ3n) is 8.07. The van der Waals surface area contributed by atoms with Crippen LogP contribution in [0.3, 0.4) is 0 Å². The van der Waals surface area contributed by atoms with Crippen LogP contribution in [0.15, 0.2) is 109 Å². The molecule has 0 aliphatic heterocycles. The molecule has 0 spiro atoms. The first kappa shape index (κ1) is 26.1. The summed E-state index contributed by atoms with van der Waals surface area (Å²) in [6.07, 6.45) is 0. The topological polar surface area (TPSA) is 43.7 Å². The minimum atomic E-state index is -0.532. The van der Waals surface area contributed by atoms with Gasteiger partial charge in [0.2, 0.25) is 0 Å². The molecule has 39 heavy (non-hydrogen) atoms. The molecule has 196 valence electrons. The third kappa shape index (κ3) is 5.00. The lowest BCUT2D eigenvalue weighted by Crippen LogP contribution is -2.25. The maximum absolute atomic E-state index is 10.0.